The summed E-state index contributed by atoms with van der Waals surface area (Å²) in [5.74, 6) is 9.08. The number of carbonyl (C=O) groups excluding carboxylic acids is 1. The van der Waals surface area contributed by atoms with Crippen LogP contribution in [0.25, 0.3) is 0 Å². The average Bonchev–Trinajstić information content (AvgIpc) is 2.20. The minimum absolute atomic E-state index is 0.602. The van der Waals surface area contributed by atoms with E-state index in [0.29, 0.717) is 0 Å². The van der Waals surface area contributed by atoms with E-state index in [-0.39, 0.29) is 0 Å². The smallest absolute Gasteiger partial charge is 0.275 e. The molecule has 0 bridgehead atoms. The van der Waals surface area contributed by atoms with Gasteiger partial charge in [0, 0.05) is 12.4 Å². The fraction of sp³-hybridized carbons (Fsp3) is 0. The first-order valence-corrected chi connectivity index (χ1v) is 2.98. The van der Waals surface area contributed by atoms with Crippen LogP contribution in [-0.2, 0) is 0 Å². The van der Waals surface area contributed by atoms with Crippen molar-refractivity contribution in [1.82, 2.24) is 20.8 Å². The number of hydrogen-bond donors (Lipinski definition) is 4. The fourth-order valence-corrected chi connectivity index (χ4v) is 0.295. The number of nitrogens with two attached hydrogens (primary N) is 2. The van der Waals surface area contributed by atoms with Gasteiger partial charge in [0.2, 0.25) is 0 Å². The van der Waals surface area contributed by atoms with Crippen molar-refractivity contribution in [3.05, 3.63) is 24.8 Å². The minimum Gasteiger partial charge on any atom is -0.275 e. The summed E-state index contributed by atoms with van der Waals surface area (Å²) >= 11 is 0. The van der Waals surface area contributed by atoms with Gasteiger partial charge < -0.3 is 0 Å². The van der Waals surface area contributed by atoms with Crippen LogP contribution >= 0.6 is 0 Å². The predicted molar refractivity (Wildman–Crippen MR) is 42.1 cm³/mol. The maximum atomic E-state index is 9.71. The number of nitrogens with one attached hydrogen (secondary N) is 2. The molecule has 0 aliphatic heterocycles. The molecule has 66 valence electrons. The molecule has 0 atom stereocenters. The van der Waals surface area contributed by atoms with E-state index >= 15 is 0 Å². The van der Waals surface area contributed by atoms with Crippen molar-refractivity contribution in [3.63, 3.8) is 0 Å². The summed E-state index contributed by atoms with van der Waals surface area (Å²) < 4.78 is 0. The molecule has 1 aromatic rings. The Hall–Kier alpha value is -1.73. The van der Waals surface area contributed by atoms with Gasteiger partial charge in [-0.2, -0.15) is 0 Å². The van der Waals surface area contributed by atoms with Crippen molar-refractivity contribution in [3.8, 4) is 0 Å². The zero-order chi connectivity index (χ0) is 9.23. The number of hydrazine groups is 2. The van der Waals surface area contributed by atoms with E-state index in [1.165, 1.54) is 6.33 Å². The van der Waals surface area contributed by atoms with E-state index in [0.717, 1.165) is 0 Å². The highest BCUT2D eigenvalue weighted by molar-refractivity contribution is 5.72. The third kappa shape index (κ3) is 6.39. The van der Waals surface area contributed by atoms with Gasteiger partial charge in [0.05, 0.1) is 0 Å². The lowest BCUT2D eigenvalue weighted by Crippen LogP contribution is -2.43. The molecule has 0 unspecified atom stereocenters. The number of amides is 2. The summed E-state index contributed by atoms with van der Waals surface area (Å²) in [6.45, 7) is 0. The van der Waals surface area contributed by atoms with E-state index in [1.807, 2.05) is 0 Å². The Balaban J connectivity index is 0.000000202. The molecular formula is C5H10N6O. The number of hydrogen-bond acceptors (Lipinski definition) is 5. The average molecular weight is 170 g/mol. The molecule has 1 aromatic heterocycles. The predicted octanol–water partition coefficient (Wildman–Crippen LogP) is -1.49. The standard InChI is InChI=1S/C4H4N2.CH6N4O/c1-2-5-4-6-3-1;2-4-1(6)5-3/h1-4H;2-3H2,(H2,4,5,6). The molecule has 12 heavy (non-hydrogen) atoms. The molecule has 0 aliphatic rings. The number of nitrogens with zero attached hydrogens (tertiary/aromatic N) is 2. The van der Waals surface area contributed by atoms with Crippen molar-refractivity contribution in [2.75, 3.05) is 0 Å². The Bertz CT molecular complexity index is 170. The lowest BCUT2D eigenvalue weighted by Gasteiger charge is -1.90. The van der Waals surface area contributed by atoms with E-state index < -0.39 is 6.03 Å². The quantitative estimate of drug-likeness (QED) is 0.215. The first-order chi connectivity index (χ1) is 5.81. The molecule has 7 nitrogen and oxygen atoms in total. The van der Waals surface area contributed by atoms with Crippen LogP contribution in [0.1, 0.15) is 0 Å². The monoisotopic (exact) mass is 170 g/mol. The maximum absolute atomic E-state index is 9.71. The van der Waals surface area contributed by atoms with Crippen molar-refractivity contribution < 1.29 is 4.79 Å². The molecule has 0 aliphatic carbocycles. The Kier molecular flexibility index (Phi) is 6.31. The van der Waals surface area contributed by atoms with E-state index in [2.05, 4.69) is 21.7 Å². The number of rotatable bonds is 0. The van der Waals surface area contributed by atoms with Crippen LogP contribution in [0, 0.1) is 0 Å². The number of aromatic nitrogens is 2. The molecule has 0 radical (unpaired) electrons. The lowest BCUT2D eigenvalue weighted by atomic mass is 10.7. The van der Waals surface area contributed by atoms with Crippen molar-refractivity contribution in [1.29, 1.82) is 0 Å². The van der Waals surface area contributed by atoms with Crippen molar-refractivity contribution in [2.24, 2.45) is 11.7 Å². The zero-order valence-electron chi connectivity index (χ0n) is 6.27. The summed E-state index contributed by atoms with van der Waals surface area (Å²) in [5, 5.41) is 0. The first-order valence-electron chi connectivity index (χ1n) is 2.98. The van der Waals surface area contributed by atoms with Crippen molar-refractivity contribution in [2.45, 2.75) is 0 Å². The topological polar surface area (TPSA) is 119 Å². The Morgan fingerprint density at radius 1 is 1.17 bits per heavy atom. The highest BCUT2D eigenvalue weighted by atomic mass is 16.2. The highest BCUT2D eigenvalue weighted by Gasteiger charge is 1.83. The molecule has 0 aromatic carbocycles. The molecule has 0 spiro atoms. The Morgan fingerprint density at radius 3 is 1.75 bits per heavy atom. The number of carbonyl (C=O) groups is 1. The SMILES string of the molecule is NNC(=O)NN.c1cncnc1. The second-order valence-electron chi connectivity index (χ2n) is 1.52. The fourth-order valence-electron chi connectivity index (χ4n) is 0.295. The summed E-state index contributed by atoms with van der Waals surface area (Å²) in [5.41, 5.74) is 3.48. The first kappa shape index (κ1) is 10.3. The largest absolute Gasteiger partial charge is 0.343 e. The van der Waals surface area contributed by atoms with Gasteiger partial charge in [0.15, 0.2) is 0 Å². The van der Waals surface area contributed by atoms with Gasteiger partial charge in [-0.05, 0) is 6.07 Å². The second kappa shape index (κ2) is 7.38. The lowest BCUT2D eigenvalue weighted by molar-refractivity contribution is 0.241. The van der Waals surface area contributed by atoms with Crippen LogP contribution in [0.5, 0.6) is 0 Å². The van der Waals surface area contributed by atoms with Crippen LogP contribution < -0.4 is 22.5 Å². The minimum atomic E-state index is -0.602. The molecule has 1 heterocycles. The number of urea groups is 1. The van der Waals surface area contributed by atoms with Crippen LogP contribution in [-0.4, -0.2) is 16.0 Å². The molecule has 1 rings (SSSR count). The molecule has 0 saturated carbocycles. The van der Waals surface area contributed by atoms with E-state index in [4.69, 9.17) is 0 Å². The molecule has 0 fully saturated rings. The van der Waals surface area contributed by atoms with Gasteiger partial charge in [-0.1, -0.05) is 0 Å². The Labute approximate surface area is 69.1 Å². The van der Waals surface area contributed by atoms with Crippen molar-refractivity contribution >= 4 is 6.03 Å². The molecule has 0 saturated heterocycles. The van der Waals surface area contributed by atoms with Gasteiger partial charge >= 0.3 is 6.03 Å². The Morgan fingerprint density at radius 2 is 1.67 bits per heavy atom. The summed E-state index contributed by atoms with van der Waals surface area (Å²) in [4.78, 5) is 17.1. The summed E-state index contributed by atoms with van der Waals surface area (Å²) in [7, 11) is 0. The summed E-state index contributed by atoms with van der Waals surface area (Å²) in [6.07, 6.45) is 4.88. The third-order valence-electron chi connectivity index (χ3n) is 0.740. The summed E-state index contributed by atoms with van der Waals surface area (Å²) in [6, 6.07) is 1.18. The van der Waals surface area contributed by atoms with Gasteiger partial charge in [0.1, 0.15) is 6.33 Å². The van der Waals surface area contributed by atoms with Gasteiger partial charge in [-0.25, -0.2) is 26.4 Å². The molecular weight excluding hydrogens is 160 g/mol. The maximum Gasteiger partial charge on any atom is 0.343 e. The second-order valence-corrected chi connectivity index (χ2v) is 1.52. The zero-order valence-corrected chi connectivity index (χ0v) is 6.27. The van der Waals surface area contributed by atoms with Gasteiger partial charge in [0.25, 0.3) is 0 Å². The van der Waals surface area contributed by atoms with Gasteiger partial charge in [-0.3, -0.25) is 10.9 Å². The highest BCUT2D eigenvalue weighted by Crippen LogP contribution is 1.66. The van der Waals surface area contributed by atoms with E-state index in [1.54, 1.807) is 29.3 Å². The van der Waals surface area contributed by atoms with E-state index in [9.17, 15) is 4.79 Å². The normalized spacial score (nSPS) is 7.50. The van der Waals surface area contributed by atoms with Crippen LogP contribution in [0.3, 0.4) is 0 Å². The third-order valence-corrected chi connectivity index (χ3v) is 0.740. The van der Waals surface area contributed by atoms with Gasteiger partial charge in [-0.15, -0.1) is 0 Å². The van der Waals surface area contributed by atoms with Crippen LogP contribution in [0.4, 0.5) is 4.79 Å². The molecule has 7 heteroatoms. The molecule has 2 amide bonds. The molecule has 6 N–H and O–H groups in total. The van der Waals surface area contributed by atoms with Crippen LogP contribution in [0.2, 0.25) is 0 Å². The van der Waals surface area contributed by atoms with Crippen LogP contribution in [0.15, 0.2) is 24.8 Å².